The lowest BCUT2D eigenvalue weighted by Crippen LogP contribution is -2.53. The summed E-state index contributed by atoms with van der Waals surface area (Å²) in [5.74, 6) is 0.320. The van der Waals surface area contributed by atoms with Crippen LogP contribution in [0.3, 0.4) is 0 Å². The Morgan fingerprint density at radius 1 is 0.765 bits per heavy atom. The van der Waals surface area contributed by atoms with Gasteiger partial charge in [0.15, 0.2) is 0 Å². The highest BCUT2D eigenvalue weighted by Crippen LogP contribution is 2.29. The maximum atomic E-state index is 14.7. The Morgan fingerprint density at radius 3 is 2.00 bits per heavy atom. The van der Waals surface area contributed by atoms with Crippen molar-refractivity contribution in [3.05, 3.63) is 155 Å². The third kappa shape index (κ3) is 10.3. The number of hydrogen-bond donors (Lipinski definition) is 1. The standard InChI is InChI=1S/C41H42BrN3O5S/c1-3-4-27-43-41(47)39(28-32-11-7-5-8-12-32)44(29-33-17-19-34(42)20-18-33)40(46)30-45(51(48,49)38-25-15-31(2)16-26-38)35-21-23-37(24-22-35)50-36-13-9-6-10-14-36/h5-26,39H,3-4,27-30H2,1-2H3,(H,43,47)/t39-/m1/s1. The van der Waals surface area contributed by atoms with E-state index in [1.54, 1.807) is 36.4 Å². The summed E-state index contributed by atoms with van der Waals surface area (Å²) in [6, 6.07) is 38.5. The summed E-state index contributed by atoms with van der Waals surface area (Å²) in [5, 5.41) is 3.02. The van der Waals surface area contributed by atoms with E-state index < -0.39 is 28.5 Å². The summed E-state index contributed by atoms with van der Waals surface area (Å²) in [4.78, 5) is 30.2. The van der Waals surface area contributed by atoms with Gasteiger partial charge in [-0.1, -0.05) is 108 Å². The summed E-state index contributed by atoms with van der Waals surface area (Å²) in [7, 11) is -4.23. The summed E-state index contributed by atoms with van der Waals surface area (Å²) < 4.78 is 36.7. The Hall–Kier alpha value is -4.93. The Kier molecular flexibility index (Phi) is 13.0. The van der Waals surface area contributed by atoms with Crippen molar-refractivity contribution in [1.29, 1.82) is 0 Å². The zero-order valence-corrected chi connectivity index (χ0v) is 31.1. The zero-order chi connectivity index (χ0) is 36.2. The maximum Gasteiger partial charge on any atom is 0.264 e. The lowest BCUT2D eigenvalue weighted by Gasteiger charge is -2.34. The molecule has 5 rings (SSSR count). The molecule has 10 heteroatoms. The van der Waals surface area contributed by atoms with Gasteiger partial charge in [0.2, 0.25) is 11.8 Å². The number of anilines is 1. The summed E-state index contributed by atoms with van der Waals surface area (Å²) in [5.41, 5.74) is 2.85. The number of amides is 2. The van der Waals surface area contributed by atoms with Gasteiger partial charge < -0.3 is 15.0 Å². The van der Waals surface area contributed by atoms with Crippen molar-refractivity contribution in [2.75, 3.05) is 17.4 Å². The van der Waals surface area contributed by atoms with E-state index in [-0.39, 0.29) is 29.5 Å². The normalized spacial score (nSPS) is 11.7. The van der Waals surface area contributed by atoms with Crippen LogP contribution in [0.1, 0.15) is 36.5 Å². The Bertz CT molecular complexity index is 1970. The molecule has 1 atom stereocenters. The number of benzene rings is 5. The average Bonchev–Trinajstić information content (AvgIpc) is 3.14. The van der Waals surface area contributed by atoms with Gasteiger partial charge in [-0.25, -0.2) is 8.42 Å². The van der Waals surface area contributed by atoms with Crippen molar-refractivity contribution >= 4 is 43.5 Å². The van der Waals surface area contributed by atoms with Crippen LogP contribution >= 0.6 is 15.9 Å². The molecule has 264 valence electrons. The Balaban J connectivity index is 1.54. The number of nitrogens with zero attached hydrogens (tertiary/aromatic N) is 2. The molecule has 0 spiro atoms. The molecule has 0 saturated heterocycles. The molecule has 8 nitrogen and oxygen atoms in total. The van der Waals surface area contributed by atoms with Crippen LogP contribution in [-0.4, -0.2) is 44.3 Å². The first kappa shape index (κ1) is 37.3. The van der Waals surface area contributed by atoms with E-state index in [4.69, 9.17) is 4.74 Å². The van der Waals surface area contributed by atoms with Crippen molar-refractivity contribution in [3.8, 4) is 11.5 Å². The number of para-hydroxylation sites is 1. The van der Waals surface area contributed by atoms with E-state index in [1.807, 2.05) is 98.8 Å². The van der Waals surface area contributed by atoms with E-state index in [2.05, 4.69) is 21.2 Å². The lowest BCUT2D eigenvalue weighted by atomic mass is 10.0. The Labute approximate surface area is 309 Å². The quantitative estimate of drug-likeness (QED) is 0.102. The van der Waals surface area contributed by atoms with Crippen LogP contribution in [0.15, 0.2) is 143 Å². The van der Waals surface area contributed by atoms with Crippen molar-refractivity contribution < 1.29 is 22.7 Å². The number of aryl methyl sites for hydroxylation is 1. The average molecular weight is 769 g/mol. The SMILES string of the molecule is CCCCNC(=O)[C@@H](Cc1ccccc1)N(Cc1ccc(Br)cc1)C(=O)CN(c1ccc(Oc2ccccc2)cc1)S(=O)(=O)c1ccc(C)cc1. The number of carbonyl (C=O) groups is 2. The highest BCUT2D eigenvalue weighted by atomic mass is 79.9. The zero-order valence-electron chi connectivity index (χ0n) is 28.7. The molecular weight excluding hydrogens is 726 g/mol. The van der Waals surface area contributed by atoms with Gasteiger partial charge in [-0.3, -0.25) is 13.9 Å². The summed E-state index contributed by atoms with van der Waals surface area (Å²) >= 11 is 3.48. The van der Waals surface area contributed by atoms with E-state index in [9.17, 15) is 18.0 Å². The molecule has 5 aromatic carbocycles. The van der Waals surface area contributed by atoms with E-state index in [1.165, 1.54) is 17.0 Å². The molecule has 0 unspecified atom stereocenters. The molecule has 0 aliphatic carbocycles. The fourth-order valence-corrected chi connectivity index (χ4v) is 7.20. The molecule has 0 radical (unpaired) electrons. The van der Waals surface area contributed by atoms with Gasteiger partial charge in [-0.2, -0.15) is 0 Å². The molecule has 1 N–H and O–H groups in total. The number of unbranched alkanes of at least 4 members (excludes halogenated alkanes) is 1. The Morgan fingerprint density at radius 2 is 1.37 bits per heavy atom. The number of carbonyl (C=O) groups excluding carboxylic acids is 2. The van der Waals surface area contributed by atoms with Gasteiger partial charge in [0.25, 0.3) is 10.0 Å². The van der Waals surface area contributed by atoms with Crippen LogP contribution in [0.2, 0.25) is 0 Å². The molecule has 0 heterocycles. The van der Waals surface area contributed by atoms with Crippen LogP contribution in [0.25, 0.3) is 0 Å². The molecule has 0 bridgehead atoms. The van der Waals surface area contributed by atoms with Gasteiger partial charge in [0.05, 0.1) is 10.6 Å². The fraction of sp³-hybridized carbons (Fsp3) is 0.220. The minimum absolute atomic E-state index is 0.0446. The third-order valence-electron chi connectivity index (χ3n) is 8.36. The van der Waals surface area contributed by atoms with Crippen LogP contribution in [0.4, 0.5) is 5.69 Å². The van der Waals surface area contributed by atoms with Crippen molar-refractivity contribution in [1.82, 2.24) is 10.2 Å². The van der Waals surface area contributed by atoms with Crippen LogP contribution in [0, 0.1) is 6.92 Å². The van der Waals surface area contributed by atoms with E-state index >= 15 is 0 Å². The van der Waals surface area contributed by atoms with Crippen molar-refractivity contribution in [3.63, 3.8) is 0 Å². The molecular formula is C41H42BrN3O5S. The molecule has 2 amide bonds. The molecule has 0 aliphatic rings. The van der Waals surface area contributed by atoms with Crippen LogP contribution in [-0.2, 0) is 32.6 Å². The van der Waals surface area contributed by atoms with Crippen molar-refractivity contribution in [2.24, 2.45) is 0 Å². The highest BCUT2D eigenvalue weighted by Gasteiger charge is 2.34. The second-order valence-corrected chi connectivity index (χ2v) is 15.0. The second kappa shape index (κ2) is 17.8. The lowest BCUT2D eigenvalue weighted by molar-refractivity contribution is -0.140. The molecule has 0 aliphatic heterocycles. The first-order chi connectivity index (χ1) is 24.6. The first-order valence-electron chi connectivity index (χ1n) is 16.9. The van der Waals surface area contributed by atoms with Crippen LogP contribution in [0.5, 0.6) is 11.5 Å². The van der Waals surface area contributed by atoms with Gasteiger partial charge in [-0.05, 0) is 85.1 Å². The molecule has 0 aromatic heterocycles. The molecule has 0 fully saturated rings. The van der Waals surface area contributed by atoms with Gasteiger partial charge in [-0.15, -0.1) is 0 Å². The summed E-state index contributed by atoms with van der Waals surface area (Å²) in [6.45, 7) is 3.93. The fourth-order valence-electron chi connectivity index (χ4n) is 5.52. The molecule has 0 saturated carbocycles. The second-order valence-electron chi connectivity index (χ2n) is 12.2. The number of rotatable bonds is 16. The number of sulfonamides is 1. The number of nitrogens with one attached hydrogen (secondary N) is 1. The van der Waals surface area contributed by atoms with Crippen LogP contribution < -0.4 is 14.4 Å². The van der Waals surface area contributed by atoms with Crippen molar-refractivity contribution in [2.45, 2.75) is 50.6 Å². The van der Waals surface area contributed by atoms with Gasteiger partial charge in [0.1, 0.15) is 24.1 Å². The number of ether oxygens (including phenoxy) is 1. The van der Waals surface area contributed by atoms with Gasteiger partial charge >= 0.3 is 0 Å². The number of halogens is 1. The first-order valence-corrected chi connectivity index (χ1v) is 19.2. The largest absolute Gasteiger partial charge is 0.457 e. The molecule has 5 aromatic rings. The summed E-state index contributed by atoms with van der Waals surface area (Å²) in [6.07, 6.45) is 1.93. The molecule has 51 heavy (non-hydrogen) atoms. The van der Waals surface area contributed by atoms with E-state index in [0.717, 1.165) is 38.3 Å². The number of hydrogen-bond acceptors (Lipinski definition) is 5. The minimum Gasteiger partial charge on any atom is -0.457 e. The smallest absolute Gasteiger partial charge is 0.264 e. The monoisotopic (exact) mass is 767 g/mol. The predicted molar refractivity (Wildman–Crippen MR) is 205 cm³/mol. The predicted octanol–water partition coefficient (Wildman–Crippen LogP) is 8.30. The maximum absolute atomic E-state index is 14.7. The minimum atomic E-state index is -4.23. The topological polar surface area (TPSA) is 96.0 Å². The van der Waals surface area contributed by atoms with Gasteiger partial charge in [0, 0.05) is 24.0 Å². The van der Waals surface area contributed by atoms with E-state index in [0.29, 0.717) is 18.0 Å². The highest BCUT2D eigenvalue weighted by molar-refractivity contribution is 9.10. The third-order valence-corrected chi connectivity index (χ3v) is 10.7.